The fourth-order valence-corrected chi connectivity index (χ4v) is 8.89. The highest BCUT2D eigenvalue weighted by molar-refractivity contribution is 6.05. The Morgan fingerprint density at radius 3 is 2.45 bits per heavy atom. The van der Waals surface area contributed by atoms with Crippen molar-refractivity contribution in [2.45, 2.75) is 105 Å². The molecule has 0 heterocycles. The van der Waals surface area contributed by atoms with Crippen molar-refractivity contribution in [3.63, 3.8) is 0 Å². The van der Waals surface area contributed by atoms with Crippen molar-refractivity contribution in [1.82, 2.24) is 0 Å². The summed E-state index contributed by atoms with van der Waals surface area (Å²) in [5.41, 5.74) is 1.15. The topological polar surface area (TPSA) is 17.1 Å². The molecular formula is C29H43F3O. The van der Waals surface area contributed by atoms with Crippen LogP contribution in [0.4, 0.5) is 13.2 Å². The van der Waals surface area contributed by atoms with Crippen molar-refractivity contribution in [3.05, 3.63) is 23.3 Å². The number of ketones is 1. The Kier molecular flexibility index (Phi) is 6.73. The standard InChI is InChI=1S/C29H43F3O/c1-18(2)7-6-8-19(3)23-11-12-24-22-10-9-21-15-26(33)20(17-29(30,31)32)16-28(21,5)25(22)13-14-27(23,24)4/h15,17-19,22-25H,6-14,16H2,1-5H3/b20-17+/t19-,22+,23-,24+,25+,27-,28+/m1/s1. The zero-order valence-corrected chi connectivity index (χ0v) is 21.2. The zero-order valence-electron chi connectivity index (χ0n) is 21.2. The van der Waals surface area contributed by atoms with E-state index in [0.717, 1.165) is 42.6 Å². The van der Waals surface area contributed by atoms with Gasteiger partial charge < -0.3 is 0 Å². The molecule has 0 bridgehead atoms. The number of hydrogen-bond donors (Lipinski definition) is 0. The van der Waals surface area contributed by atoms with Gasteiger partial charge in [0.1, 0.15) is 0 Å². The van der Waals surface area contributed by atoms with Gasteiger partial charge in [-0.25, -0.2) is 0 Å². The van der Waals surface area contributed by atoms with Gasteiger partial charge in [0.05, 0.1) is 0 Å². The lowest BCUT2D eigenvalue weighted by Crippen LogP contribution is -2.51. The predicted octanol–water partition coefficient (Wildman–Crippen LogP) is 8.70. The molecule has 0 aromatic heterocycles. The van der Waals surface area contributed by atoms with Gasteiger partial charge in [-0.05, 0) is 97.4 Å². The van der Waals surface area contributed by atoms with E-state index >= 15 is 0 Å². The molecule has 0 spiro atoms. The van der Waals surface area contributed by atoms with Crippen LogP contribution in [0.2, 0.25) is 0 Å². The molecule has 0 saturated heterocycles. The molecule has 0 radical (unpaired) electrons. The van der Waals surface area contributed by atoms with Crippen molar-refractivity contribution in [2.75, 3.05) is 0 Å². The van der Waals surface area contributed by atoms with E-state index in [-0.39, 0.29) is 23.5 Å². The number of carbonyl (C=O) groups is 1. The molecule has 0 unspecified atom stereocenters. The number of allylic oxidation sites excluding steroid dienone is 3. The third-order valence-electron chi connectivity index (χ3n) is 10.5. The number of rotatable bonds is 5. The first-order valence-corrected chi connectivity index (χ1v) is 13.4. The average molecular weight is 465 g/mol. The normalized spacial score (nSPS) is 40.9. The minimum absolute atomic E-state index is 0.0363. The van der Waals surface area contributed by atoms with Crippen LogP contribution >= 0.6 is 0 Å². The van der Waals surface area contributed by atoms with Crippen LogP contribution in [-0.4, -0.2) is 12.0 Å². The molecule has 0 N–H and O–H groups in total. The first kappa shape index (κ1) is 25.0. The van der Waals surface area contributed by atoms with Gasteiger partial charge in [-0.2, -0.15) is 13.2 Å². The van der Waals surface area contributed by atoms with Gasteiger partial charge in [-0.1, -0.05) is 59.5 Å². The SMILES string of the molecule is CC(C)CCC[C@@H](C)[C@H]1CC[C@H]2[C@@H]3CCC4=CC(=O)/C(=C/C(F)(F)F)C[C@]4(C)[C@H]3CC[C@]12C. The summed E-state index contributed by atoms with van der Waals surface area (Å²) in [4.78, 5) is 12.5. The Morgan fingerprint density at radius 2 is 1.79 bits per heavy atom. The monoisotopic (exact) mass is 464 g/mol. The van der Waals surface area contributed by atoms with Crippen LogP contribution in [0.25, 0.3) is 0 Å². The predicted molar refractivity (Wildman–Crippen MR) is 128 cm³/mol. The summed E-state index contributed by atoms with van der Waals surface area (Å²) in [7, 11) is 0. The van der Waals surface area contributed by atoms with E-state index < -0.39 is 12.0 Å². The molecule has 0 aromatic rings. The molecule has 1 nitrogen and oxygen atoms in total. The summed E-state index contributed by atoms with van der Waals surface area (Å²) < 4.78 is 39.4. The van der Waals surface area contributed by atoms with Crippen LogP contribution < -0.4 is 0 Å². The maximum Gasteiger partial charge on any atom is 0.410 e. The maximum atomic E-state index is 13.1. The van der Waals surface area contributed by atoms with Gasteiger partial charge in [0.2, 0.25) is 0 Å². The molecule has 3 saturated carbocycles. The van der Waals surface area contributed by atoms with Gasteiger partial charge >= 0.3 is 6.18 Å². The second kappa shape index (κ2) is 8.86. The van der Waals surface area contributed by atoms with Crippen molar-refractivity contribution < 1.29 is 18.0 Å². The van der Waals surface area contributed by atoms with Crippen LogP contribution in [0.1, 0.15) is 98.8 Å². The first-order chi connectivity index (χ1) is 15.3. The number of halogens is 3. The molecule has 4 aliphatic rings. The van der Waals surface area contributed by atoms with Crippen molar-refractivity contribution in [2.24, 2.45) is 46.3 Å². The molecule has 3 fully saturated rings. The molecule has 7 atom stereocenters. The Morgan fingerprint density at radius 1 is 1.06 bits per heavy atom. The largest absolute Gasteiger partial charge is 0.410 e. The molecule has 186 valence electrons. The van der Waals surface area contributed by atoms with Gasteiger partial charge in [-0.15, -0.1) is 0 Å². The molecule has 0 amide bonds. The second-order valence-electron chi connectivity index (χ2n) is 12.8. The van der Waals surface area contributed by atoms with E-state index in [9.17, 15) is 18.0 Å². The van der Waals surface area contributed by atoms with Gasteiger partial charge in [0.25, 0.3) is 0 Å². The fourth-order valence-electron chi connectivity index (χ4n) is 8.89. The lowest BCUT2D eigenvalue weighted by Gasteiger charge is -2.58. The number of hydrogen-bond acceptors (Lipinski definition) is 1. The van der Waals surface area contributed by atoms with Gasteiger partial charge in [-0.3, -0.25) is 4.79 Å². The Balaban J connectivity index is 1.54. The Hall–Kier alpha value is -1.06. The summed E-state index contributed by atoms with van der Waals surface area (Å²) >= 11 is 0. The second-order valence-corrected chi connectivity index (χ2v) is 12.8. The van der Waals surface area contributed by atoms with Crippen molar-refractivity contribution in [1.29, 1.82) is 0 Å². The summed E-state index contributed by atoms with van der Waals surface area (Å²) in [6.45, 7) is 11.8. The number of fused-ring (bicyclic) bond motifs is 5. The highest BCUT2D eigenvalue weighted by Crippen LogP contribution is 2.68. The number of alkyl halides is 3. The highest BCUT2D eigenvalue weighted by Gasteiger charge is 2.59. The van der Waals surface area contributed by atoms with E-state index in [1.807, 2.05) is 0 Å². The van der Waals surface area contributed by atoms with Crippen LogP contribution in [0.5, 0.6) is 0 Å². The molecule has 0 aliphatic heterocycles. The minimum atomic E-state index is -4.43. The molecule has 4 aliphatic carbocycles. The van der Waals surface area contributed by atoms with Crippen LogP contribution in [0.15, 0.2) is 23.3 Å². The zero-order chi connectivity index (χ0) is 24.2. The molecule has 0 aromatic carbocycles. The molecule has 4 rings (SSSR count). The average Bonchev–Trinajstić information content (AvgIpc) is 3.05. The lowest BCUT2D eigenvalue weighted by atomic mass is 9.46. The van der Waals surface area contributed by atoms with Crippen LogP contribution in [0, 0.1) is 46.3 Å². The fraction of sp³-hybridized carbons (Fsp3) is 0.828. The summed E-state index contributed by atoms with van der Waals surface area (Å²) in [6, 6.07) is 0. The molecule has 33 heavy (non-hydrogen) atoms. The van der Waals surface area contributed by atoms with Crippen LogP contribution in [0.3, 0.4) is 0 Å². The highest BCUT2D eigenvalue weighted by atomic mass is 19.4. The Bertz CT molecular complexity index is 821. The van der Waals surface area contributed by atoms with E-state index in [4.69, 9.17) is 0 Å². The van der Waals surface area contributed by atoms with Crippen molar-refractivity contribution >= 4 is 5.78 Å². The van der Waals surface area contributed by atoms with E-state index in [1.165, 1.54) is 38.5 Å². The van der Waals surface area contributed by atoms with E-state index in [0.29, 0.717) is 23.2 Å². The third-order valence-corrected chi connectivity index (χ3v) is 10.5. The molecule has 4 heteroatoms. The first-order valence-electron chi connectivity index (χ1n) is 13.4. The summed E-state index contributed by atoms with van der Waals surface area (Å²) in [5.74, 6) is 3.53. The van der Waals surface area contributed by atoms with Gasteiger partial charge in [0, 0.05) is 11.6 Å². The molecular weight excluding hydrogens is 421 g/mol. The van der Waals surface area contributed by atoms with E-state index in [1.54, 1.807) is 6.08 Å². The quantitative estimate of drug-likeness (QED) is 0.372. The lowest BCUT2D eigenvalue weighted by molar-refractivity contribution is -0.114. The Labute approximate surface area is 198 Å². The summed E-state index contributed by atoms with van der Waals surface area (Å²) in [6.07, 6.45) is 8.45. The summed E-state index contributed by atoms with van der Waals surface area (Å²) in [5, 5.41) is 0. The van der Waals surface area contributed by atoms with Crippen LogP contribution in [-0.2, 0) is 4.79 Å². The maximum absolute atomic E-state index is 13.1. The third kappa shape index (κ3) is 4.61. The minimum Gasteiger partial charge on any atom is -0.290 e. The smallest absolute Gasteiger partial charge is 0.290 e. The van der Waals surface area contributed by atoms with Gasteiger partial charge in [0.15, 0.2) is 5.78 Å². The van der Waals surface area contributed by atoms with Crippen molar-refractivity contribution in [3.8, 4) is 0 Å². The van der Waals surface area contributed by atoms with E-state index in [2.05, 4.69) is 34.6 Å². The number of carbonyl (C=O) groups excluding carboxylic acids is 1.